The van der Waals surface area contributed by atoms with Gasteiger partial charge in [0.25, 0.3) is 15.9 Å². The zero-order valence-electron chi connectivity index (χ0n) is 23.9. The molecule has 1 aliphatic rings. The lowest BCUT2D eigenvalue weighted by molar-refractivity contribution is 0.0373. The highest BCUT2D eigenvalue weighted by atomic mass is 32.2. The molecule has 0 saturated heterocycles. The van der Waals surface area contributed by atoms with E-state index in [1.807, 2.05) is 6.92 Å². The number of likely N-dealkylation sites (N-methyl/N-ethyl adjacent to an activating group) is 1. The first kappa shape index (κ1) is 30.8. The number of hydrogen-bond donors (Lipinski definition) is 3. The molecule has 3 aromatic rings. The zero-order chi connectivity index (χ0) is 30.8. The minimum absolute atomic E-state index is 0.0105. The number of aryl methyl sites for hydroxylation is 2. The topological polar surface area (TPSA) is 154 Å². The summed E-state index contributed by atoms with van der Waals surface area (Å²) in [5, 5.41) is 16.5. The Kier molecular flexibility index (Phi) is 9.06. The SMILES string of the molecule is Cc1noc(C)c1NC(=O)N(C)C[C@@H]1Oc2c(NS(=O)(=O)c3ccc(F)cc3)cccc2C(=O)N([C@H](C)CO)C[C@H]1C. The van der Waals surface area contributed by atoms with E-state index in [1.54, 1.807) is 27.8 Å². The standard InChI is InChI=1S/C28H34FN5O7S/c1-16-13-34(17(2)15-35)27(36)22-7-6-8-23(32-42(38,39)21-11-9-20(29)10-12-21)26(22)40-24(16)14-33(5)28(37)30-25-18(3)31-41-19(25)4/h6-12,16-17,24,32,35H,13-15H2,1-5H3,(H,30,37)/t16-,17-,24+/m1/s1. The number of fused-ring (bicyclic) bond motifs is 1. The fraction of sp³-hybridized carbons (Fsp3) is 0.393. The zero-order valence-corrected chi connectivity index (χ0v) is 24.7. The van der Waals surface area contributed by atoms with Gasteiger partial charge in [0.05, 0.1) is 35.3 Å². The highest BCUT2D eigenvalue weighted by Gasteiger charge is 2.35. The fourth-order valence-corrected chi connectivity index (χ4v) is 5.64. The predicted octanol–water partition coefficient (Wildman–Crippen LogP) is 3.62. The van der Waals surface area contributed by atoms with Crippen LogP contribution in [0.1, 0.15) is 35.7 Å². The molecular weight excluding hydrogens is 569 g/mol. The number of carbonyl (C=O) groups is 2. The van der Waals surface area contributed by atoms with E-state index < -0.39 is 39.9 Å². The number of nitrogens with one attached hydrogen (secondary N) is 2. The molecular formula is C28H34FN5O7S. The van der Waals surface area contributed by atoms with Crippen LogP contribution in [-0.2, 0) is 10.0 Å². The number of ether oxygens (including phenoxy) is 1. The van der Waals surface area contributed by atoms with Gasteiger partial charge in [-0.15, -0.1) is 0 Å². The Bertz CT molecular complexity index is 1540. The monoisotopic (exact) mass is 603 g/mol. The number of amides is 3. The predicted molar refractivity (Wildman–Crippen MR) is 152 cm³/mol. The molecule has 0 spiro atoms. The van der Waals surface area contributed by atoms with Crippen LogP contribution >= 0.6 is 0 Å². The van der Waals surface area contributed by atoms with Crippen molar-refractivity contribution < 1.29 is 36.8 Å². The van der Waals surface area contributed by atoms with Crippen molar-refractivity contribution in [2.45, 2.75) is 44.7 Å². The van der Waals surface area contributed by atoms with Crippen molar-refractivity contribution in [3.8, 4) is 5.75 Å². The fourth-order valence-electron chi connectivity index (χ4n) is 4.58. The van der Waals surface area contributed by atoms with Gasteiger partial charge in [-0.05, 0) is 57.2 Å². The molecule has 0 aliphatic carbocycles. The van der Waals surface area contributed by atoms with Gasteiger partial charge in [-0.3, -0.25) is 9.52 Å². The molecule has 1 aliphatic heterocycles. The Morgan fingerprint density at radius 3 is 2.55 bits per heavy atom. The molecule has 0 unspecified atom stereocenters. The van der Waals surface area contributed by atoms with E-state index in [4.69, 9.17) is 9.26 Å². The van der Waals surface area contributed by atoms with Crippen LogP contribution in [0.15, 0.2) is 51.9 Å². The van der Waals surface area contributed by atoms with Crippen LogP contribution in [0.25, 0.3) is 0 Å². The van der Waals surface area contributed by atoms with Gasteiger partial charge in [0, 0.05) is 19.5 Å². The van der Waals surface area contributed by atoms with Crippen molar-refractivity contribution in [1.29, 1.82) is 0 Å². The van der Waals surface area contributed by atoms with Gasteiger partial charge in [0.1, 0.15) is 23.3 Å². The number of rotatable bonds is 8. The van der Waals surface area contributed by atoms with Crippen LogP contribution < -0.4 is 14.8 Å². The number of halogens is 1. The van der Waals surface area contributed by atoms with Crippen molar-refractivity contribution >= 4 is 33.3 Å². The number of sulfonamides is 1. The average molecular weight is 604 g/mol. The van der Waals surface area contributed by atoms with Gasteiger partial charge in [-0.1, -0.05) is 18.1 Å². The molecule has 0 bridgehead atoms. The van der Waals surface area contributed by atoms with Crippen LogP contribution in [-0.4, -0.2) is 79.3 Å². The number of para-hydroxylation sites is 1. The van der Waals surface area contributed by atoms with Gasteiger partial charge in [0.2, 0.25) is 0 Å². The highest BCUT2D eigenvalue weighted by Crippen LogP contribution is 2.36. The van der Waals surface area contributed by atoms with E-state index in [2.05, 4.69) is 15.2 Å². The summed E-state index contributed by atoms with van der Waals surface area (Å²) in [6.07, 6.45) is -0.706. The summed E-state index contributed by atoms with van der Waals surface area (Å²) >= 11 is 0. The van der Waals surface area contributed by atoms with Crippen LogP contribution in [0.3, 0.4) is 0 Å². The van der Waals surface area contributed by atoms with Crippen LogP contribution in [0.5, 0.6) is 5.75 Å². The number of benzene rings is 2. The second kappa shape index (κ2) is 12.4. The Morgan fingerprint density at radius 1 is 1.24 bits per heavy atom. The largest absolute Gasteiger partial charge is 0.485 e. The lowest BCUT2D eigenvalue weighted by Gasteiger charge is -2.38. The highest BCUT2D eigenvalue weighted by molar-refractivity contribution is 7.92. The lowest BCUT2D eigenvalue weighted by Crippen LogP contribution is -2.50. The second-order valence-electron chi connectivity index (χ2n) is 10.4. The van der Waals surface area contributed by atoms with Crippen molar-refractivity contribution in [1.82, 2.24) is 15.0 Å². The number of urea groups is 1. The molecule has 12 nitrogen and oxygen atoms in total. The van der Waals surface area contributed by atoms with E-state index in [0.29, 0.717) is 17.1 Å². The van der Waals surface area contributed by atoms with Gasteiger partial charge >= 0.3 is 6.03 Å². The molecule has 42 heavy (non-hydrogen) atoms. The molecule has 3 N–H and O–H groups in total. The molecule has 1 aromatic heterocycles. The molecule has 2 aromatic carbocycles. The summed E-state index contributed by atoms with van der Waals surface area (Å²) in [7, 11) is -2.62. The molecule has 2 heterocycles. The molecule has 3 atom stereocenters. The van der Waals surface area contributed by atoms with Gasteiger partial charge < -0.3 is 29.5 Å². The number of nitrogens with zero attached hydrogens (tertiary/aromatic N) is 3. The Labute approximate surface area is 243 Å². The number of carbonyl (C=O) groups excluding carboxylic acids is 2. The van der Waals surface area contributed by atoms with E-state index in [1.165, 1.54) is 28.0 Å². The number of hydrogen-bond acceptors (Lipinski definition) is 8. The number of anilines is 2. The Hall–Kier alpha value is -4.17. The minimum Gasteiger partial charge on any atom is -0.485 e. The third kappa shape index (κ3) is 6.49. The lowest BCUT2D eigenvalue weighted by atomic mass is 9.99. The van der Waals surface area contributed by atoms with E-state index >= 15 is 0 Å². The number of aromatic nitrogens is 1. The first-order valence-corrected chi connectivity index (χ1v) is 14.8. The number of aliphatic hydroxyl groups excluding tert-OH is 1. The van der Waals surface area contributed by atoms with Gasteiger partial charge in [0.15, 0.2) is 11.5 Å². The van der Waals surface area contributed by atoms with Crippen molar-refractivity contribution in [2.75, 3.05) is 36.8 Å². The number of aliphatic hydroxyl groups is 1. The summed E-state index contributed by atoms with van der Waals surface area (Å²) in [5.41, 5.74) is 1.04. The average Bonchev–Trinajstić information content (AvgIpc) is 3.26. The van der Waals surface area contributed by atoms with Crippen molar-refractivity contribution in [2.24, 2.45) is 5.92 Å². The van der Waals surface area contributed by atoms with E-state index in [0.717, 1.165) is 24.3 Å². The summed E-state index contributed by atoms with van der Waals surface area (Å²) in [4.78, 5) is 29.5. The summed E-state index contributed by atoms with van der Waals surface area (Å²) in [6.45, 7) is 6.88. The van der Waals surface area contributed by atoms with Crippen LogP contribution in [0, 0.1) is 25.6 Å². The van der Waals surface area contributed by atoms with Gasteiger partial charge in [-0.25, -0.2) is 17.6 Å². The summed E-state index contributed by atoms with van der Waals surface area (Å²) in [5.74, 6) is -0.982. The summed E-state index contributed by atoms with van der Waals surface area (Å²) < 4.78 is 53.7. The molecule has 3 amide bonds. The maximum absolute atomic E-state index is 13.7. The molecule has 226 valence electrons. The summed E-state index contributed by atoms with van der Waals surface area (Å²) in [6, 6.07) is 7.76. The maximum atomic E-state index is 13.7. The molecule has 4 rings (SSSR count). The van der Waals surface area contributed by atoms with Gasteiger partial charge in [-0.2, -0.15) is 0 Å². The van der Waals surface area contributed by atoms with Crippen molar-refractivity contribution in [3.63, 3.8) is 0 Å². The normalized spacial score (nSPS) is 17.9. The van der Waals surface area contributed by atoms with Crippen molar-refractivity contribution in [3.05, 3.63) is 65.3 Å². The molecule has 0 saturated carbocycles. The maximum Gasteiger partial charge on any atom is 0.321 e. The first-order chi connectivity index (χ1) is 19.8. The third-order valence-corrected chi connectivity index (χ3v) is 8.51. The molecule has 0 fully saturated rings. The first-order valence-electron chi connectivity index (χ1n) is 13.3. The Balaban J connectivity index is 1.70. The van der Waals surface area contributed by atoms with E-state index in [9.17, 15) is 27.5 Å². The minimum atomic E-state index is -4.19. The van der Waals surface area contributed by atoms with Crippen LogP contribution in [0.2, 0.25) is 0 Å². The third-order valence-electron chi connectivity index (χ3n) is 7.13. The van der Waals surface area contributed by atoms with E-state index in [-0.39, 0.29) is 47.5 Å². The smallest absolute Gasteiger partial charge is 0.321 e. The quantitative estimate of drug-likeness (QED) is 0.353. The molecule has 14 heteroatoms. The second-order valence-corrected chi connectivity index (χ2v) is 12.1. The van der Waals surface area contributed by atoms with Crippen LogP contribution in [0.4, 0.5) is 20.6 Å². The Morgan fingerprint density at radius 2 is 1.93 bits per heavy atom. The molecule has 0 radical (unpaired) electrons.